The number of aromatic nitrogens is 1. The predicted octanol–water partition coefficient (Wildman–Crippen LogP) is 2.93. The molecule has 0 saturated carbocycles. The molecule has 1 heterocycles. The van der Waals surface area contributed by atoms with E-state index in [-0.39, 0.29) is 5.54 Å². The Balaban J connectivity index is 2.89. The van der Waals surface area contributed by atoms with Crippen LogP contribution in [0.1, 0.15) is 20.3 Å². The fraction of sp³-hybridized carbons (Fsp3) is 0.500. The van der Waals surface area contributed by atoms with E-state index in [4.69, 9.17) is 28.9 Å². The first-order valence-corrected chi connectivity index (χ1v) is 5.55. The fourth-order valence-electron chi connectivity index (χ4n) is 1.08. The van der Waals surface area contributed by atoms with Crippen LogP contribution in [0, 0.1) is 0 Å². The molecular formula is C10H15Cl2N3. The molecule has 0 spiro atoms. The number of anilines is 1. The molecule has 1 aromatic heterocycles. The standard InChI is InChI=1S/C10H15Cl2N3/c1-3-10(2,6-13)15-9-8(12)4-7(11)5-14-9/h4-5H,3,6,13H2,1-2H3,(H,14,15). The number of halogens is 2. The molecule has 0 aliphatic rings. The van der Waals surface area contributed by atoms with Crippen molar-refractivity contribution in [2.75, 3.05) is 11.9 Å². The van der Waals surface area contributed by atoms with Crippen molar-refractivity contribution >= 4 is 29.0 Å². The number of rotatable bonds is 4. The van der Waals surface area contributed by atoms with Crippen LogP contribution in [0.4, 0.5) is 5.82 Å². The van der Waals surface area contributed by atoms with E-state index in [1.807, 2.05) is 6.92 Å². The van der Waals surface area contributed by atoms with Gasteiger partial charge in [0.1, 0.15) is 5.82 Å². The molecular weight excluding hydrogens is 233 g/mol. The van der Waals surface area contributed by atoms with Crippen molar-refractivity contribution in [1.82, 2.24) is 4.98 Å². The lowest BCUT2D eigenvalue weighted by atomic mass is 9.99. The highest BCUT2D eigenvalue weighted by molar-refractivity contribution is 6.35. The zero-order chi connectivity index (χ0) is 11.5. The Morgan fingerprint density at radius 3 is 2.67 bits per heavy atom. The number of nitrogens with zero attached hydrogens (tertiary/aromatic N) is 1. The molecule has 3 nitrogen and oxygen atoms in total. The highest BCUT2D eigenvalue weighted by Gasteiger charge is 2.21. The Bertz CT molecular complexity index is 337. The molecule has 0 amide bonds. The molecule has 0 bridgehead atoms. The van der Waals surface area contributed by atoms with Gasteiger partial charge in [-0.1, -0.05) is 30.1 Å². The molecule has 1 rings (SSSR count). The minimum Gasteiger partial charge on any atom is -0.362 e. The van der Waals surface area contributed by atoms with Gasteiger partial charge in [0.15, 0.2) is 0 Å². The minimum absolute atomic E-state index is 0.190. The van der Waals surface area contributed by atoms with Crippen molar-refractivity contribution in [1.29, 1.82) is 0 Å². The summed E-state index contributed by atoms with van der Waals surface area (Å²) in [5.41, 5.74) is 5.50. The topological polar surface area (TPSA) is 50.9 Å². The summed E-state index contributed by atoms with van der Waals surface area (Å²) in [7, 11) is 0. The summed E-state index contributed by atoms with van der Waals surface area (Å²) in [6, 6.07) is 1.66. The van der Waals surface area contributed by atoms with Crippen LogP contribution < -0.4 is 11.1 Å². The monoisotopic (exact) mass is 247 g/mol. The Morgan fingerprint density at radius 1 is 1.53 bits per heavy atom. The molecule has 1 aromatic rings. The zero-order valence-electron chi connectivity index (χ0n) is 8.85. The molecule has 1 unspecified atom stereocenters. The summed E-state index contributed by atoms with van der Waals surface area (Å²) in [6.07, 6.45) is 2.45. The van der Waals surface area contributed by atoms with E-state index in [2.05, 4.69) is 17.2 Å². The average molecular weight is 248 g/mol. The third-order valence-electron chi connectivity index (χ3n) is 2.46. The number of hydrogen-bond acceptors (Lipinski definition) is 3. The largest absolute Gasteiger partial charge is 0.362 e. The molecule has 0 fully saturated rings. The highest BCUT2D eigenvalue weighted by atomic mass is 35.5. The van der Waals surface area contributed by atoms with Gasteiger partial charge in [-0.05, 0) is 19.4 Å². The van der Waals surface area contributed by atoms with E-state index in [9.17, 15) is 0 Å². The van der Waals surface area contributed by atoms with Crippen LogP contribution in [0.25, 0.3) is 0 Å². The lowest BCUT2D eigenvalue weighted by Crippen LogP contribution is -2.42. The molecule has 0 aliphatic heterocycles. The Kier molecular flexibility index (Phi) is 4.20. The van der Waals surface area contributed by atoms with E-state index < -0.39 is 0 Å². The van der Waals surface area contributed by atoms with Crippen molar-refractivity contribution in [2.45, 2.75) is 25.8 Å². The number of hydrogen-bond donors (Lipinski definition) is 2. The Labute approximate surface area is 100.0 Å². The van der Waals surface area contributed by atoms with Crippen LogP contribution in [-0.2, 0) is 0 Å². The van der Waals surface area contributed by atoms with E-state index in [1.54, 1.807) is 12.3 Å². The third-order valence-corrected chi connectivity index (χ3v) is 2.95. The zero-order valence-corrected chi connectivity index (χ0v) is 10.4. The molecule has 3 N–H and O–H groups in total. The van der Waals surface area contributed by atoms with E-state index >= 15 is 0 Å². The molecule has 15 heavy (non-hydrogen) atoms. The van der Waals surface area contributed by atoms with Crippen LogP contribution in [-0.4, -0.2) is 17.1 Å². The minimum atomic E-state index is -0.190. The van der Waals surface area contributed by atoms with Crippen LogP contribution in [0.5, 0.6) is 0 Å². The molecule has 0 aromatic carbocycles. The van der Waals surface area contributed by atoms with Crippen molar-refractivity contribution < 1.29 is 0 Å². The van der Waals surface area contributed by atoms with Crippen molar-refractivity contribution in [3.8, 4) is 0 Å². The Morgan fingerprint density at radius 2 is 2.20 bits per heavy atom. The fourth-order valence-corrected chi connectivity index (χ4v) is 1.50. The van der Waals surface area contributed by atoms with Gasteiger partial charge in [0.2, 0.25) is 0 Å². The van der Waals surface area contributed by atoms with Gasteiger partial charge < -0.3 is 11.1 Å². The molecule has 84 valence electrons. The summed E-state index contributed by atoms with van der Waals surface area (Å²) < 4.78 is 0. The predicted molar refractivity (Wildman–Crippen MR) is 65.6 cm³/mol. The van der Waals surface area contributed by atoms with Gasteiger partial charge in [-0.3, -0.25) is 0 Å². The molecule has 0 saturated heterocycles. The average Bonchev–Trinajstić information content (AvgIpc) is 2.22. The van der Waals surface area contributed by atoms with Gasteiger partial charge in [0, 0.05) is 18.3 Å². The van der Waals surface area contributed by atoms with E-state index in [0.29, 0.717) is 22.4 Å². The first kappa shape index (κ1) is 12.6. The first-order valence-electron chi connectivity index (χ1n) is 4.80. The summed E-state index contributed by atoms with van der Waals surface area (Å²) in [5.74, 6) is 0.621. The smallest absolute Gasteiger partial charge is 0.145 e. The van der Waals surface area contributed by atoms with Crippen LogP contribution in [0.2, 0.25) is 10.0 Å². The van der Waals surface area contributed by atoms with Gasteiger partial charge in [0.05, 0.1) is 10.0 Å². The van der Waals surface area contributed by atoms with Crippen LogP contribution in [0.3, 0.4) is 0 Å². The summed E-state index contributed by atoms with van der Waals surface area (Å²) in [5, 5.41) is 4.26. The number of nitrogens with one attached hydrogen (secondary N) is 1. The second-order valence-electron chi connectivity index (χ2n) is 3.73. The summed E-state index contributed by atoms with van der Waals surface area (Å²) in [6.45, 7) is 4.60. The van der Waals surface area contributed by atoms with E-state index in [0.717, 1.165) is 6.42 Å². The summed E-state index contributed by atoms with van der Waals surface area (Å²) >= 11 is 11.8. The number of nitrogens with two attached hydrogens (primary N) is 1. The van der Waals surface area contributed by atoms with Gasteiger partial charge in [0.25, 0.3) is 0 Å². The lowest BCUT2D eigenvalue weighted by Gasteiger charge is -2.28. The second-order valence-corrected chi connectivity index (χ2v) is 4.57. The third kappa shape index (κ3) is 3.23. The molecule has 0 aliphatic carbocycles. The van der Waals surface area contributed by atoms with Crippen LogP contribution in [0.15, 0.2) is 12.3 Å². The normalized spacial score (nSPS) is 14.7. The lowest BCUT2D eigenvalue weighted by molar-refractivity contribution is 0.504. The summed E-state index contributed by atoms with van der Waals surface area (Å²) in [4.78, 5) is 4.13. The maximum Gasteiger partial charge on any atom is 0.145 e. The van der Waals surface area contributed by atoms with Gasteiger partial charge in [-0.15, -0.1) is 0 Å². The maximum absolute atomic E-state index is 6.00. The van der Waals surface area contributed by atoms with Gasteiger partial charge >= 0.3 is 0 Å². The molecule has 1 atom stereocenters. The van der Waals surface area contributed by atoms with E-state index in [1.165, 1.54) is 0 Å². The van der Waals surface area contributed by atoms with Crippen molar-refractivity contribution in [2.24, 2.45) is 5.73 Å². The van der Waals surface area contributed by atoms with Gasteiger partial charge in [-0.2, -0.15) is 0 Å². The van der Waals surface area contributed by atoms with Crippen molar-refractivity contribution in [3.63, 3.8) is 0 Å². The molecule has 0 radical (unpaired) electrons. The molecule has 5 heteroatoms. The van der Waals surface area contributed by atoms with Gasteiger partial charge in [-0.25, -0.2) is 4.98 Å². The maximum atomic E-state index is 6.00. The number of pyridine rings is 1. The second kappa shape index (κ2) is 5.01. The quantitative estimate of drug-likeness (QED) is 0.861. The van der Waals surface area contributed by atoms with Crippen LogP contribution >= 0.6 is 23.2 Å². The Hall–Kier alpha value is -0.510. The SMILES string of the molecule is CCC(C)(CN)Nc1ncc(Cl)cc1Cl. The highest BCUT2D eigenvalue weighted by Crippen LogP contribution is 2.25. The first-order chi connectivity index (χ1) is 7.00. The van der Waals surface area contributed by atoms with Crippen molar-refractivity contribution in [3.05, 3.63) is 22.3 Å².